The zero-order valence-electron chi connectivity index (χ0n) is 15.1. The monoisotopic (exact) mass is 398 g/mol. The number of hydrogen-bond donors (Lipinski definition) is 0. The molecular formula is C20H19ClN4O3. The summed E-state index contributed by atoms with van der Waals surface area (Å²) in [6.07, 6.45) is 6.94. The Hall–Kier alpha value is -2.93. The van der Waals surface area contributed by atoms with E-state index in [1.807, 2.05) is 24.3 Å². The highest BCUT2D eigenvalue weighted by molar-refractivity contribution is 6.30. The highest BCUT2D eigenvalue weighted by Gasteiger charge is 2.33. The molecule has 1 aliphatic heterocycles. The minimum absolute atomic E-state index is 0.0402. The Labute approximate surface area is 166 Å². The Morgan fingerprint density at radius 3 is 2.86 bits per heavy atom. The van der Waals surface area contributed by atoms with Crippen LogP contribution in [0.5, 0.6) is 0 Å². The fourth-order valence-corrected chi connectivity index (χ4v) is 3.55. The van der Waals surface area contributed by atoms with Crippen LogP contribution in [0.25, 0.3) is 0 Å². The van der Waals surface area contributed by atoms with E-state index in [1.165, 1.54) is 10.8 Å². The zero-order valence-corrected chi connectivity index (χ0v) is 15.9. The van der Waals surface area contributed by atoms with Gasteiger partial charge >= 0.3 is 5.69 Å². The smallest absolute Gasteiger partial charge is 0.347 e. The van der Waals surface area contributed by atoms with Gasteiger partial charge in [0.25, 0.3) is 0 Å². The molecule has 1 aliphatic rings. The molecule has 0 bridgehead atoms. The second-order valence-corrected chi connectivity index (χ2v) is 7.18. The molecule has 0 saturated carbocycles. The number of benzene rings is 1. The topological polar surface area (TPSA) is 81.2 Å². The maximum absolute atomic E-state index is 12.7. The summed E-state index contributed by atoms with van der Waals surface area (Å²) in [4.78, 5) is 34.3. The number of nitrogens with zero attached hydrogens (tertiary/aromatic N) is 4. The van der Waals surface area contributed by atoms with Crippen LogP contribution in [0.1, 0.15) is 36.1 Å². The van der Waals surface area contributed by atoms with Gasteiger partial charge in [-0.3, -0.25) is 9.36 Å². The normalized spacial score (nSPS) is 16.5. The molecule has 2 aromatic heterocycles. The summed E-state index contributed by atoms with van der Waals surface area (Å²) < 4.78 is 7.24. The highest BCUT2D eigenvalue weighted by Crippen LogP contribution is 2.32. The molecule has 3 aromatic rings. The lowest BCUT2D eigenvalue weighted by Gasteiger charge is -2.22. The van der Waals surface area contributed by atoms with Crippen molar-refractivity contribution in [2.24, 2.45) is 0 Å². The first-order valence-corrected chi connectivity index (χ1v) is 9.48. The van der Waals surface area contributed by atoms with E-state index < -0.39 is 5.69 Å². The molecule has 1 aromatic carbocycles. The third-order valence-electron chi connectivity index (χ3n) is 4.81. The Morgan fingerprint density at radius 2 is 2.07 bits per heavy atom. The first kappa shape index (κ1) is 18.4. The van der Waals surface area contributed by atoms with Gasteiger partial charge in [0.2, 0.25) is 11.8 Å². The van der Waals surface area contributed by atoms with Gasteiger partial charge < -0.3 is 9.32 Å². The van der Waals surface area contributed by atoms with Gasteiger partial charge in [-0.05, 0) is 36.6 Å². The Morgan fingerprint density at radius 1 is 1.25 bits per heavy atom. The molecule has 1 saturated heterocycles. The molecule has 3 heterocycles. The van der Waals surface area contributed by atoms with Crippen molar-refractivity contribution in [3.05, 3.63) is 81.6 Å². The van der Waals surface area contributed by atoms with Gasteiger partial charge in [0.15, 0.2) is 0 Å². The third-order valence-corrected chi connectivity index (χ3v) is 5.06. The minimum atomic E-state index is -0.437. The molecule has 0 spiro atoms. The number of likely N-dealkylation sites (tertiary alicyclic amines) is 1. The van der Waals surface area contributed by atoms with Crippen LogP contribution in [0.15, 0.2) is 58.1 Å². The quantitative estimate of drug-likeness (QED) is 0.660. The van der Waals surface area contributed by atoms with Crippen molar-refractivity contribution in [1.82, 2.24) is 19.4 Å². The lowest BCUT2D eigenvalue weighted by atomic mass is 10.1. The summed E-state index contributed by atoms with van der Waals surface area (Å²) in [5.41, 5.74) is 0.635. The summed E-state index contributed by atoms with van der Waals surface area (Å²) in [7, 11) is 0. The molecule has 8 heteroatoms. The van der Waals surface area contributed by atoms with Crippen molar-refractivity contribution in [3.63, 3.8) is 0 Å². The summed E-state index contributed by atoms with van der Waals surface area (Å²) in [6.45, 7) is 0.578. The molecule has 0 aliphatic carbocycles. The van der Waals surface area contributed by atoms with Gasteiger partial charge in [0, 0.05) is 30.4 Å². The number of oxazole rings is 1. The van der Waals surface area contributed by atoms with E-state index in [2.05, 4.69) is 9.97 Å². The Balaban J connectivity index is 1.47. The average molecular weight is 399 g/mol. The van der Waals surface area contributed by atoms with Crippen LogP contribution in [-0.2, 0) is 17.8 Å². The van der Waals surface area contributed by atoms with Crippen LogP contribution in [-0.4, -0.2) is 31.9 Å². The van der Waals surface area contributed by atoms with Crippen LogP contribution < -0.4 is 5.69 Å². The summed E-state index contributed by atoms with van der Waals surface area (Å²) in [6, 6.07) is 8.99. The van der Waals surface area contributed by atoms with Gasteiger partial charge in [0.05, 0.1) is 6.20 Å². The molecule has 0 N–H and O–H groups in total. The van der Waals surface area contributed by atoms with E-state index >= 15 is 0 Å². The van der Waals surface area contributed by atoms with Gasteiger partial charge in [-0.15, -0.1) is 0 Å². The van der Waals surface area contributed by atoms with Crippen LogP contribution in [0.2, 0.25) is 5.02 Å². The fraction of sp³-hybridized carbons (Fsp3) is 0.300. The van der Waals surface area contributed by atoms with Crippen molar-refractivity contribution in [3.8, 4) is 0 Å². The van der Waals surface area contributed by atoms with Crippen LogP contribution in [0, 0.1) is 0 Å². The molecule has 144 valence electrons. The maximum Gasteiger partial charge on any atom is 0.347 e. The molecule has 0 radical (unpaired) electrons. The van der Waals surface area contributed by atoms with E-state index in [-0.39, 0.29) is 18.5 Å². The molecular weight excluding hydrogens is 380 g/mol. The molecule has 1 fully saturated rings. The Bertz CT molecular complexity index is 1030. The summed E-state index contributed by atoms with van der Waals surface area (Å²) >= 11 is 5.92. The maximum atomic E-state index is 12.7. The average Bonchev–Trinajstić information content (AvgIpc) is 3.34. The minimum Gasteiger partial charge on any atom is -0.443 e. The third kappa shape index (κ3) is 3.99. The van der Waals surface area contributed by atoms with Gasteiger partial charge in [-0.1, -0.05) is 23.7 Å². The summed E-state index contributed by atoms with van der Waals surface area (Å²) in [5.74, 6) is 1.13. The van der Waals surface area contributed by atoms with E-state index in [4.69, 9.17) is 16.0 Å². The number of amides is 1. The summed E-state index contributed by atoms with van der Waals surface area (Å²) in [5, 5.41) is 0.690. The highest BCUT2D eigenvalue weighted by atomic mass is 35.5. The molecule has 4 rings (SSSR count). The Kier molecular flexibility index (Phi) is 5.25. The molecule has 1 atom stereocenters. The number of halogens is 1. The fourth-order valence-electron chi connectivity index (χ4n) is 3.43. The molecule has 7 nitrogen and oxygen atoms in total. The second-order valence-electron chi connectivity index (χ2n) is 6.74. The standard InChI is InChI=1S/C20H19ClN4O3/c21-15-6-4-14(5-7-15)11-16-12-23-19(28-16)17-3-1-10-25(17)18(26)13-24-9-2-8-22-20(24)27/h2,4-9,12,17H,1,3,10-11,13H2. The van der Waals surface area contributed by atoms with E-state index in [9.17, 15) is 9.59 Å². The van der Waals surface area contributed by atoms with Crippen LogP contribution in [0.3, 0.4) is 0 Å². The van der Waals surface area contributed by atoms with Crippen LogP contribution >= 0.6 is 11.6 Å². The zero-order chi connectivity index (χ0) is 19.5. The van der Waals surface area contributed by atoms with E-state index in [1.54, 1.807) is 23.4 Å². The number of rotatable bonds is 5. The lowest BCUT2D eigenvalue weighted by Crippen LogP contribution is -2.36. The van der Waals surface area contributed by atoms with Crippen LogP contribution in [0.4, 0.5) is 0 Å². The molecule has 28 heavy (non-hydrogen) atoms. The first-order valence-electron chi connectivity index (χ1n) is 9.10. The second kappa shape index (κ2) is 7.98. The van der Waals surface area contributed by atoms with E-state index in [0.717, 1.165) is 24.2 Å². The number of hydrogen-bond acceptors (Lipinski definition) is 5. The molecule has 1 unspecified atom stereocenters. The van der Waals surface area contributed by atoms with Crippen molar-refractivity contribution in [2.45, 2.75) is 31.8 Å². The lowest BCUT2D eigenvalue weighted by molar-refractivity contribution is -0.133. The predicted molar refractivity (Wildman–Crippen MR) is 103 cm³/mol. The van der Waals surface area contributed by atoms with Gasteiger partial charge in [-0.25, -0.2) is 14.8 Å². The number of aromatic nitrogens is 3. The first-order chi connectivity index (χ1) is 13.6. The van der Waals surface area contributed by atoms with Gasteiger partial charge in [0.1, 0.15) is 18.3 Å². The number of carbonyl (C=O) groups is 1. The van der Waals surface area contributed by atoms with Crippen molar-refractivity contribution < 1.29 is 9.21 Å². The van der Waals surface area contributed by atoms with Gasteiger partial charge in [-0.2, -0.15) is 0 Å². The molecule has 1 amide bonds. The van der Waals surface area contributed by atoms with Crippen molar-refractivity contribution in [2.75, 3.05) is 6.54 Å². The number of carbonyl (C=O) groups excluding carboxylic acids is 1. The SMILES string of the molecule is O=C(Cn1cccnc1=O)N1CCCC1c1ncc(Cc2ccc(Cl)cc2)o1. The van der Waals surface area contributed by atoms with Crippen molar-refractivity contribution >= 4 is 17.5 Å². The van der Waals surface area contributed by atoms with E-state index in [0.29, 0.717) is 23.9 Å². The largest absolute Gasteiger partial charge is 0.443 e. The predicted octanol–water partition coefficient (Wildman–Crippen LogP) is 2.84. The van der Waals surface area contributed by atoms with Crippen molar-refractivity contribution in [1.29, 1.82) is 0 Å².